The van der Waals surface area contributed by atoms with Crippen molar-refractivity contribution in [2.75, 3.05) is 0 Å². The lowest BCUT2D eigenvalue weighted by molar-refractivity contribution is -0.121. The molecule has 3 N–H and O–H groups in total. The average Bonchev–Trinajstić information content (AvgIpc) is 3.15. The second-order valence-corrected chi connectivity index (χ2v) is 8.32. The topological polar surface area (TPSA) is 98.2 Å². The number of rotatable bonds is 3. The number of aromatic nitrogens is 3. The van der Waals surface area contributed by atoms with Crippen LogP contribution in [0.1, 0.15) is 45.7 Å². The number of carbonyl (C=O) groups excluding carboxylic acids is 1. The van der Waals surface area contributed by atoms with E-state index in [4.69, 9.17) is 22.4 Å². The van der Waals surface area contributed by atoms with Crippen LogP contribution >= 0.6 is 22.9 Å². The zero-order valence-electron chi connectivity index (χ0n) is 15.7. The minimum atomic E-state index is -0.505. The van der Waals surface area contributed by atoms with Crippen LogP contribution in [0, 0.1) is 20.8 Å². The van der Waals surface area contributed by atoms with E-state index in [-0.39, 0.29) is 12.3 Å². The Bertz CT molecular complexity index is 1100. The molecular formula is C19H19ClN6OS. The van der Waals surface area contributed by atoms with Crippen LogP contribution in [0.25, 0.3) is 5.00 Å². The Hall–Kier alpha value is -2.55. The van der Waals surface area contributed by atoms with Crippen molar-refractivity contribution in [1.29, 1.82) is 0 Å². The van der Waals surface area contributed by atoms with E-state index in [1.54, 1.807) is 11.3 Å². The largest absolute Gasteiger partial charge is 0.294 e. The lowest BCUT2D eigenvalue weighted by atomic mass is 9.99. The van der Waals surface area contributed by atoms with Gasteiger partial charge in [0.25, 0.3) is 0 Å². The van der Waals surface area contributed by atoms with Crippen LogP contribution in [0.4, 0.5) is 0 Å². The summed E-state index contributed by atoms with van der Waals surface area (Å²) >= 11 is 7.75. The number of carbonyl (C=O) groups is 1. The molecule has 1 atom stereocenters. The molecule has 0 unspecified atom stereocenters. The molecule has 7 nitrogen and oxygen atoms in total. The van der Waals surface area contributed by atoms with Crippen LogP contribution < -0.4 is 11.3 Å². The number of amides is 1. The molecule has 0 spiro atoms. The molecule has 3 heterocycles. The van der Waals surface area contributed by atoms with E-state index < -0.39 is 6.04 Å². The smallest absolute Gasteiger partial charge is 0.236 e. The number of aryl methyl sites for hydroxylation is 2. The Balaban J connectivity index is 2.01. The van der Waals surface area contributed by atoms with Gasteiger partial charge in [0, 0.05) is 21.0 Å². The van der Waals surface area contributed by atoms with Gasteiger partial charge in [-0.2, -0.15) is 0 Å². The molecule has 0 radical (unpaired) electrons. The van der Waals surface area contributed by atoms with Crippen molar-refractivity contribution in [3.05, 3.63) is 62.5 Å². The minimum absolute atomic E-state index is 0.0820. The third-order valence-corrected chi connectivity index (χ3v) is 6.34. The highest BCUT2D eigenvalue weighted by Gasteiger charge is 2.32. The van der Waals surface area contributed by atoms with Gasteiger partial charge in [-0.3, -0.25) is 19.8 Å². The number of nitrogens with two attached hydrogens (primary N) is 1. The maximum absolute atomic E-state index is 12.1. The third-order valence-electron chi connectivity index (χ3n) is 4.90. The van der Waals surface area contributed by atoms with E-state index in [0.29, 0.717) is 10.8 Å². The highest BCUT2D eigenvalue weighted by Crippen LogP contribution is 2.39. The molecule has 28 heavy (non-hydrogen) atoms. The number of fused-ring (bicyclic) bond motifs is 3. The van der Waals surface area contributed by atoms with Crippen molar-refractivity contribution >= 4 is 34.6 Å². The molecule has 3 aromatic rings. The molecular weight excluding hydrogens is 396 g/mol. The Morgan fingerprint density at radius 2 is 1.96 bits per heavy atom. The summed E-state index contributed by atoms with van der Waals surface area (Å²) in [7, 11) is 0. The van der Waals surface area contributed by atoms with Gasteiger partial charge >= 0.3 is 0 Å². The van der Waals surface area contributed by atoms with Crippen LogP contribution in [-0.2, 0) is 4.79 Å². The summed E-state index contributed by atoms with van der Waals surface area (Å²) in [6, 6.07) is 7.05. The number of hydrogen-bond donors (Lipinski definition) is 2. The molecule has 0 saturated heterocycles. The first-order valence-electron chi connectivity index (χ1n) is 8.76. The number of nitrogens with zero attached hydrogens (tertiary/aromatic N) is 4. The highest BCUT2D eigenvalue weighted by atomic mass is 35.5. The van der Waals surface area contributed by atoms with E-state index in [1.165, 1.54) is 4.88 Å². The van der Waals surface area contributed by atoms with Crippen molar-refractivity contribution in [3.8, 4) is 5.00 Å². The number of benzene rings is 1. The Morgan fingerprint density at radius 3 is 2.64 bits per heavy atom. The Kier molecular flexibility index (Phi) is 4.78. The number of nitrogens with one attached hydrogen (secondary N) is 1. The van der Waals surface area contributed by atoms with E-state index in [9.17, 15) is 4.79 Å². The Morgan fingerprint density at radius 1 is 1.25 bits per heavy atom. The molecule has 0 fully saturated rings. The predicted molar refractivity (Wildman–Crippen MR) is 110 cm³/mol. The molecule has 9 heteroatoms. The van der Waals surface area contributed by atoms with Gasteiger partial charge in [0.15, 0.2) is 5.82 Å². The molecule has 0 saturated carbocycles. The van der Waals surface area contributed by atoms with Gasteiger partial charge in [-0.15, -0.1) is 21.5 Å². The molecule has 1 aliphatic heterocycles. The van der Waals surface area contributed by atoms with E-state index in [0.717, 1.165) is 33.2 Å². The number of aliphatic imine (C=N–C) groups is 1. The normalized spacial score (nSPS) is 15.5. The van der Waals surface area contributed by atoms with Gasteiger partial charge in [-0.1, -0.05) is 23.7 Å². The van der Waals surface area contributed by atoms with Gasteiger partial charge in [-0.05, 0) is 38.5 Å². The fourth-order valence-electron chi connectivity index (χ4n) is 3.37. The second-order valence-electron chi connectivity index (χ2n) is 6.68. The predicted octanol–water partition coefficient (Wildman–Crippen LogP) is 3.18. The molecule has 2 aromatic heterocycles. The van der Waals surface area contributed by atoms with Crippen molar-refractivity contribution in [2.24, 2.45) is 10.8 Å². The monoisotopic (exact) mass is 414 g/mol. The molecule has 1 aliphatic rings. The van der Waals surface area contributed by atoms with Crippen LogP contribution in [-0.4, -0.2) is 26.4 Å². The number of hydrogen-bond acceptors (Lipinski definition) is 6. The van der Waals surface area contributed by atoms with Gasteiger partial charge in [0.2, 0.25) is 5.91 Å². The van der Waals surface area contributed by atoms with E-state index in [1.807, 2.05) is 35.8 Å². The molecule has 0 aliphatic carbocycles. The summed E-state index contributed by atoms with van der Waals surface area (Å²) in [6.45, 7) is 6.08. The third kappa shape index (κ3) is 3.03. The maximum atomic E-state index is 12.1. The highest BCUT2D eigenvalue weighted by molar-refractivity contribution is 7.15. The first-order chi connectivity index (χ1) is 13.4. The summed E-state index contributed by atoms with van der Waals surface area (Å²) in [6.07, 6.45) is 0.0820. The van der Waals surface area contributed by atoms with Crippen LogP contribution in [0.2, 0.25) is 5.02 Å². The molecule has 4 rings (SSSR count). The number of thiophene rings is 1. The van der Waals surface area contributed by atoms with E-state index in [2.05, 4.69) is 29.5 Å². The summed E-state index contributed by atoms with van der Waals surface area (Å²) < 4.78 is 2.00. The quantitative estimate of drug-likeness (QED) is 0.390. The summed E-state index contributed by atoms with van der Waals surface area (Å²) in [5.74, 6) is 6.39. The van der Waals surface area contributed by atoms with Crippen LogP contribution in [0.15, 0.2) is 29.3 Å². The second kappa shape index (κ2) is 7.12. The SMILES string of the molecule is Cc1sc2c(c1C)C(c1ccc(Cl)cc1)=N[C@H](CC(=O)NN)c1nnc(C)n1-2. The zero-order valence-corrected chi connectivity index (χ0v) is 17.2. The van der Waals surface area contributed by atoms with Crippen molar-refractivity contribution in [1.82, 2.24) is 20.2 Å². The van der Waals surface area contributed by atoms with Crippen molar-refractivity contribution in [3.63, 3.8) is 0 Å². The summed E-state index contributed by atoms with van der Waals surface area (Å²) in [4.78, 5) is 18.2. The van der Waals surface area contributed by atoms with Crippen LogP contribution in [0.5, 0.6) is 0 Å². The molecule has 1 amide bonds. The average molecular weight is 415 g/mol. The van der Waals surface area contributed by atoms with Gasteiger partial charge < -0.3 is 0 Å². The fourth-order valence-corrected chi connectivity index (χ4v) is 4.71. The van der Waals surface area contributed by atoms with Crippen molar-refractivity contribution < 1.29 is 4.79 Å². The molecule has 0 bridgehead atoms. The first kappa shape index (κ1) is 18.8. The Labute approximate surface area is 171 Å². The van der Waals surface area contributed by atoms with Gasteiger partial charge in [-0.25, -0.2) is 5.84 Å². The standard InChI is InChI=1S/C19H19ClN6OS/c1-9-10(2)28-19-16(9)17(12-4-6-13(20)7-5-12)22-14(8-15(27)23-21)18-25-24-11(3)26(18)19/h4-7,14H,8,21H2,1-3H3,(H,23,27)/t14-/m1/s1. The summed E-state index contributed by atoms with van der Waals surface area (Å²) in [5.41, 5.74) is 6.11. The fraction of sp³-hybridized carbons (Fsp3) is 0.263. The number of halogens is 1. The maximum Gasteiger partial charge on any atom is 0.236 e. The lowest BCUT2D eigenvalue weighted by Gasteiger charge is -2.12. The van der Waals surface area contributed by atoms with Crippen molar-refractivity contribution in [2.45, 2.75) is 33.2 Å². The number of hydrazine groups is 1. The minimum Gasteiger partial charge on any atom is -0.294 e. The molecule has 1 aromatic carbocycles. The van der Waals surface area contributed by atoms with Gasteiger partial charge in [0.05, 0.1) is 12.1 Å². The molecule has 144 valence electrons. The summed E-state index contributed by atoms with van der Waals surface area (Å²) in [5, 5.41) is 10.2. The van der Waals surface area contributed by atoms with Crippen LogP contribution in [0.3, 0.4) is 0 Å². The zero-order chi connectivity index (χ0) is 20.0. The first-order valence-corrected chi connectivity index (χ1v) is 9.96. The van der Waals surface area contributed by atoms with Gasteiger partial charge in [0.1, 0.15) is 16.9 Å². The lowest BCUT2D eigenvalue weighted by Crippen LogP contribution is -2.31. The van der Waals surface area contributed by atoms with E-state index >= 15 is 0 Å².